The van der Waals surface area contributed by atoms with Crippen LogP contribution in [0, 0.1) is 0 Å². The summed E-state index contributed by atoms with van der Waals surface area (Å²) in [6, 6.07) is 0.414. The minimum absolute atomic E-state index is 0.414. The first-order valence-electron chi connectivity index (χ1n) is 10.0. The quantitative estimate of drug-likeness (QED) is 0.700. The van der Waals surface area contributed by atoms with Gasteiger partial charge in [0.25, 0.3) is 0 Å². The lowest BCUT2D eigenvalue weighted by Gasteiger charge is -2.26. The highest BCUT2D eigenvalue weighted by Gasteiger charge is 2.16. The van der Waals surface area contributed by atoms with Crippen molar-refractivity contribution in [3.8, 4) is 6.01 Å². The first-order valence-corrected chi connectivity index (χ1v) is 10.0. The van der Waals surface area contributed by atoms with Crippen LogP contribution in [0.2, 0.25) is 0 Å². The monoisotopic (exact) mass is 364 g/mol. The normalized spacial score (nSPS) is 19.2. The van der Waals surface area contributed by atoms with Gasteiger partial charge in [0.15, 0.2) is 0 Å². The number of morpholine rings is 1. The molecule has 0 spiro atoms. The highest BCUT2D eigenvalue weighted by molar-refractivity contribution is 5.38. The minimum Gasteiger partial charge on any atom is -0.464 e. The van der Waals surface area contributed by atoms with Crippen molar-refractivity contribution >= 4 is 11.9 Å². The average Bonchev–Trinajstić information content (AvgIpc) is 2.96. The Morgan fingerprint density at radius 3 is 2.50 bits per heavy atom. The van der Waals surface area contributed by atoms with Crippen LogP contribution in [0.25, 0.3) is 0 Å². The van der Waals surface area contributed by atoms with Gasteiger partial charge in [-0.05, 0) is 32.7 Å². The predicted octanol–water partition coefficient (Wildman–Crippen LogP) is 1.78. The fourth-order valence-corrected chi connectivity index (χ4v) is 3.36. The molecule has 1 aromatic heterocycles. The van der Waals surface area contributed by atoms with Gasteiger partial charge < -0.3 is 19.7 Å². The maximum atomic E-state index is 5.56. The van der Waals surface area contributed by atoms with Crippen LogP contribution in [0.1, 0.15) is 39.0 Å². The van der Waals surface area contributed by atoms with Crippen LogP contribution >= 0.6 is 0 Å². The summed E-state index contributed by atoms with van der Waals surface area (Å²) in [4.78, 5) is 18.3. The molecule has 0 amide bonds. The predicted molar refractivity (Wildman–Crippen MR) is 102 cm³/mol. The number of hydrogen-bond donors (Lipinski definition) is 1. The molecule has 0 radical (unpaired) electrons. The van der Waals surface area contributed by atoms with Gasteiger partial charge in [0.05, 0.1) is 19.8 Å². The van der Waals surface area contributed by atoms with Crippen molar-refractivity contribution in [2.45, 2.75) is 39.0 Å². The van der Waals surface area contributed by atoms with Crippen molar-refractivity contribution < 1.29 is 9.47 Å². The SMILES string of the molecule is CCOc1nc(NCCCN2CCOCC2)nc(N2CCCCCC2)n1. The summed E-state index contributed by atoms with van der Waals surface area (Å²) < 4.78 is 10.9. The van der Waals surface area contributed by atoms with Gasteiger partial charge in [0.2, 0.25) is 11.9 Å². The molecule has 0 aliphatic carbocycles. The van der Waals surface area contributed by atoms with Gasteiger partial charge >= 0.3 is 6.01 Å². The van der Waals surface area contributed by atoms with Gasteiger partial charge in [-0.1, -0.05) is 12.8 Å². The van der Waals surface area contributed by atoms with Crippen LogP contribution < -0.4 is 15.0 Å². The van der Waals surface area contributed by atoms with Crippen molar-refractivity contribution in [2.24, 2.45) is 0 Å². The van der Waals surface area contributed by atoms with E-state index >= 15 is 0 Å². The molecule has 3 heterocycles. The summed E-state index contributed by atoms with van der Waals surface area (Å²) in [5.41, 5.74) is 0. The molecular formula is C18H32N6O2. The fraction of sp³-hybridized carbons (Fsp3) is 0.833. The summed E-state index contributed by atoms with van der Waals surface area (Å²) in [5, 5.41) is 3.35. The molecule has 1 N–H and O–H groups in total. The van der Waals surface area contributed by atoms with Crippen LogP contribution in [-0.4, -0.2) is 78.9 Å². The third kappa shape index (κ3) is 5.95. The molecule has 0 saturated carbocycles. The van der Waals surface area contributed by atoms with Crippen molar-refractivity contribution in [1.82, 2.24) is 19.9 Å². The van der Waals surface area contributed by atoms with Crippen LogP contribution in [-0.2, 0) is 4.74 Å². The lowest BCUT2D eigenvalue weighted by molar-refractivity contribution is 0.0378. The number of aromatic nitrogens is 3. The average molecular weight is 364 g/mol. The molecule has 0 unspecified atom stereocenters. The van der Waals surface area contributed by atoms with Crippen molar-refractivity contribution in [3.63, 3.8) is 0 Å². The zero-order valence-electron chi connectivity index (χ0n) is 16.0. The summed E-state index contributed by atoms with van der Waals surface area (Å²) in [5.74, 6) is 1.35. The maximum absolute atomic E-state index is 5.56. The van der Waals surface area contributed by atoms with E-state index in [1.807, 2.05) is 6.92 Å². The molecule has 2 saturated heterocycles. The zero-order valence-corrected chi connectivity index (χ0v) is 16.0. The summed E-state index contributed by atoms with van der Waals surface area (Å²) >= 11 is 0. The second-order valence-corrected chi connectivity index (χ2v) is 6.81. The Morgan fingerprint density at radius 1 is 1.00 bits per heavy atom. The lowest BCUT2D eigenvalue weighted by atomic mass is 10.2. The van der Waals surface area contributed by atoms with Gasteiger partial charge in [-0.15, -0.1) is 0 Å². The third-order valence-corrected chi connectivity index (χ3v) is 4.80. The highest BCUT2D eigenvalue weighted by Crippen LogP contribution is 2.19. The molecule has 8 nitrogen and oxygen atoms in total. The first-order chi connectivity index (χ1) is 12.8. The van der Waals surface area contributed by atoms with Crippen LogP contribution in [0.4, 0.5) is 11.9 Å². The maximum Gasteiger partial charge on any atom is 0.323 e. The molecule has 146 valence electrons. The highest BCUT2D eigenvalue weighted by atomic mass is 16.5. The molecule has 26 heavy (non-hydrogen) atoms. The number of ether oxygens (including phenoxy) is 2. The molecule has 3 rings (SSSR count). The van der Waals surface area contributed by atoms with E-state index in [2.05, 4.69) is 30.1 Å². The van der Waals surface area contributed by atoms with E-state index in [1.165, 1.54) is 25.7 Å². The fourth-order valence-electron chi connectivity index (χ4n) is 3.36. The lowest BCUT2D eigenvalue weighted by Crippen LogP contribution is -2.37. The minimum atomic E-state index is 0.414. The second kappa shape index (κ2) is 10.5. The number of nitrogens with zero attached hydrogens (tertiary/aromatic N) is 5. The van der Waals surface area contributed by atoms with Crippen LogP contribution in [0.15, 0.2) is 0 Å². The van der Waals surface area contributed by atoms with Gasteiger partial charge in [0, 0.05) is 32.7 Å². The topological polar surface area (TPSA) is 75.6 Å². The Bertz CT molecular complexity index is 530. The molecule has 1 aromatic rings. The van der Waals surface area contributed by atoms with E-state index in [-0.39, 0.29) is 0 Å². The number of hydrogen-bond acceptors (Lipinski definition) is 8. The van der Waals surface area contributed by atoms with E-state index in [9.17, 15) is 0 Å². The molecule has 2 fully saturated rings. The molecule has 2 aliphatic heterocycles. The molecule has 8 heteroatoms. The Morgan fingerprint density at radius 2 is 1.77 bits per heavy atom. The standard InChI is InChI=1S/C18H32N6O2/c1-2-26-18-21-16(19-8-7-9-23-12-14-25-15-13-23)20-17(22-18)24-10-5-3-4-6-11-24/h2-15H2,1H3,(H,19,20,21,22). The largest absolute Gasteiger partial charge is 0.464 e. The Hall–Kier alpha value is -1.67. The van der Waals surface area contributed by atoms with E-state index in [1.54, 1.807) is 0 Å². The number of rotatable bonds is 8. The summed E-state index contributed by atoms with van der Waals surface area (Å²) in [6.45, 7) is 10.2. The number of nitrogens with one attached hydrogen (secondary N) is 1. The van der Waals surface area contributed by atoms with Gasteiger partial charge in [0.1, 0.15) is 0 Å². The smallest absolute Gasteiger partial charge is 0.323 e. The molecule has 0 bridgehead atoms. The van der Waals surface area contributed by atoms with E-state index < -0.39 is 0 Å². The first kappa shape index (κ1) is 19.1. The molecule has 2 aliphatic rings. The third-order valence-electron chi connectivity index (χ3n) is 4.80. The van der Waals surface area contributed by atoms with E-state index in [0.717, 1.165) is 64.9 Å². The summed E-state index contributed by atoms with van der Waals surface area (Å²) in [6.07, 6.45) is 6.00. The van der Waals surface area contributed by atoms with Crippen LogP contribution in [0.5, 0.6) is 6.01 Å². The van der Waals surface area contributed by atoms with Crippen molar-refractivity contribution in [1.29, 1.82) is 0 Å². The van der Waals surface area contributed by atoms with Crippen molar-refractivity contribution in [3.05, 3.63) is 0 Å². The van der Waals surface area contributed by atoms with Gasteiger partial charge in [-0.2, -0.15) is 15.0 Å². The van der Waals surface area contributed by atoms with E-state index in [0.29, 0.717) is 18.6 Å². The number of anilines is 2. The van der Waals surface area contributed by atoms with Gasteiger partial charge in [-0.25, -0.2) is 0 Å². The summed E-state index contributed by atoms with van der Waals surface area (Å²) in [7, 11) is 0. The Kier molecular flexibility index (Phi) is 7.69. The second-order valence-electron chi connectivity index (χ2n) is 6.81. The van der Waals surface area contributed by atoms with Gasteiger partial charge in [-0.3, -0.25) is 4.90 Å². The van der Waals surface area contributed by atoms with Crippen molar-refractivity contribution in [2.75, 3.05) is 69.3 Å². The zero-order chi connectivity index (χ0) is 18.0. The molecule has 0 atom stereocenters. The van der Waals surface area contributed by atoms with Crippen LogP contribution in [0.3, 0.4) is 0 Å². The Balaban J connectivity index is 1.56. The molecular weight excluding hydrogens is 332 g/mol. The Labute approximate surface area is 156 Å². The molecule has 0 aromatic carbocycles. The van der Waals surface area contributed by atoms with E-state index in [4.69, 9.17) is 9.47 Å².